The fourth-order valence-corrected chi connectivity index (χ4v) is 1.69. The lowest BCUT2D eigenvalue weighted by molar-refractivity contribution is -0.274. The van der Waals surface area contributed by atoms with Gasteiger partial charge in [-0.3, -0.25) is 0 Å². The van der Waals surface area contributed by atoms with Gasteiger partial charge in [-0.25, -0.2) is 0 Å². The molecular formula is C12H14BrF3O2. The van der Waals surface area contributed by atoms with Gasteiger partial charge in [0, 0.05) is 6.07 Å². The van der Waals surface area contributed by atoms with Crippen LogP contribution in [0.1, 0.15) is 26.2 Å². The standard InChI is InChI=1S/C12H14BrF3O2/c1-2-3-4-7-17-11-8-9(5-6-10(11)13)18-12(14,15)16/h5-6,8H,2-4,7H2,1H3. The van der Waals surface area contributed by atoms with Crippen LogP contribution in [0, 0.1) is 0 Å². The van der Waals surface area contributed by atoms with Gasteiger partial charge in [-0.1, -0.05) is 19.8 Å². The molecule has 2 nitrogen and oxygen atoms in total. The molecule has 1 rings (SSSR count). The molecule has 18 heavy (non-hydrogen) atoms. The Morgan fingerprint density at radius 3 is 2.56 bits per heavy atom. The number of hydrogen-bond acceptors (Lipinski definition) is 2. The van der Waals surface area contributed by atoms with Gasteiger partial charge in [-0.05, 0) is 34.5 Å². The summed E-state index contributed by atoms with van der Waals surface area (Å²) < 4.78 is 46.0. The van der Waals surface area contributed by atoms with Crippen LogP contribution in [0.25, 0.3) is 0 Å². The average molecular weight is 327 g/mol. The van der Waals surface area contributed by atoms with E-state index in [9.17, 15) is 13.2 Å². The molecular weight excluding hydrogens is 313 g/mol. The number of rotatable bonds is 6. The Balaban J connectivity index is 2.63. The molecule has 0 aliphatic carbocycles. The largest absolute Gasteiger partial charge is 0.573 e. The van der Waals surface area contributed by atoms with Crippen LogP contribution in [0.3, 0.4) is 0 Å². The molecule has 0 spiro atoms. The van der Waals surface area contributed by atoms with Crippen molar-refractivity contribution in [2.75, 3.05) is 6.61 Å². The summed E-state index contributed by atoms with van der Waals surface area (Å²) >= 11 is 3.22. The highest BCUT2D eigenvalue weighted by atomic mass is 79.9. The Hall–Kier alpha value is -0.910. The Kier molecular flexibility index (Phi) is 5.78. The molecule has 0 radical (unpaired) electrons. The van der Waals surface area contributed by atoms with Crippen LogP contribution in [0.4, 0.5) is 13.2 Å². The van der Waals surface area contributed by atoms with E-state index in [0.717, 1.165) is 19.3 Å². The van der Waals surface area contributed by atoms with Crippen LogP contribution in [0.2, 0.25) is 0 Å². The van der Waals surface area contributed by atoms with Crippen LogP contribution in [0.15, 0.2) is 22.7 Å². The number of unbranched alkanes of at least 4 members (excludes halogenated alkanes) is 2. The lowest BCUT2D eigenvalue weighted by atomic mass is 10.3. The van der Waals surface area contributed by atoms with Gasteiger partial charge in [0.05, 0.1) is 11.1 Å². The van der Waals surface area contributed by atoms with Crippen molar-refractivity contribution in [1.29, 1.82) is 0 Å². The van der Waals surface area contributed by atoms with Gasteiger partial charge < -0.3 is 9.47 Å². The number of benzene rings is 1. The third-order valence-electron chi connectivity index (χ3n) is 2.14. The summed E-state index contributed by atoms with van der Waals surface area (Å²) in [5.74, 6) is 0.0732. The zero-order chi connectivity index (χ0) is 13.6. The summed E-state index contributed by atoms with van der Waals surface area (Å²) in [7, 11) is 0. The van der Waals surface area contributed by atoms with Gasteiger partial charge in [0.15, 0.2) is 0 Å². The smallest absolute Gasteiger partial charge is 0.492 e. The minimum absolute atomic E-state index is 0.281. The first-order chi connectivity index (χ1) is 8.42. The molecule has 0 aliphatic rings. The molecule has 0 bridgehead atoms. The van der Waals surface area contributed by atoms with Gasteiger partial charge >= 0.3 is 6.36 Å². The highest BCUT2D eigenvalue weighted by molar-refractivity contribution is 9.10. The van der Waals surface area contributed by atoms with Crippen LogP contribution in [-0.4, -0.2) is 13.0 Å². The van der Waals surface area contributed by atoms with E-state index in [4.69, 9.17) is 4.74 Å². The van der Waals surface area contributed by atoms with E-state index >= 15 is 0 Å². The Labute approximate surface area is 112 Å². The molecule has 0 atom stereocenters. The van der Waals surface area contributed by atoms with Crippen molar-refractivity contribution in [3.63, 3.8) is 0 Å². The predicted octanol–water partition coefficient (Wildman–Crippen LogP) is 4.92. The molecule has 1 aromatic carbocycles. The zero-order valence-electron chi connectivity index (χ0n) is 9.89. The van der Waals surface area contributed by atoms with E-state index in [1.807, 2.05) is 0 Å². The van der Waals surface area contributed by atoms with E-state index in [-0.39, 0.29) is 5.75 Å². The quantitative estimate of drug-likeness (QED) is 0.691. The second kappa shape index (κ2) is 6.87. The van der Waals surface area contributed by atoms with E-state index in [1.54, 1.807) is 0 Å². The van der Waals surface area contributed by atoms with E-state index in [1.165, 1.54) is 18.2 Å². The van der Waals surface area contributed by atoms with Crippen LogP contribution in [0.5, 0.6) is 11.5 Å². The highest BCUT2D eigenvalue weighted by Gasteiger charge is 2.31. The average Bonchev–Trinajstić information content (AvgIpc) is 2.26. The minimum atomic E-state index is -4.69. The molecule has 0 amide bonds. The van der Waals surface area contributed by atoms with E-state index in [2.05, 4.69) is 27.6 Å². The number of halogens is 4. The first-order valence-electron chi connectivity index (χ1n) is 5.60. The normalized spacial score (nSPS) is 11.4. The summed E-state index contributed by atoms with van der Waals surface area (Å²) in [4.78, 5) is 0. The van der Waals surface area contributed by atoms with Crippen molar-refractivity contribution in [2.45, 2.75) is 32.5 Å². The molecule has 0 heterocycles. The first kappa shape index (κ1) is 15.1. The van der Waals surface area contributed by atoms with Crippen LogP contribution in [-0.2, 0) is 0 Å². The summed E-state index contributed by atoms with van der Waals surface area (Å²) in [6.07, 6.45) is -1.74. The Bertz CT molecular complexity index is 380. The van der Waals surface area contributed by atoms with Crippen LogP contribution < -0.4 is 9.47 Å². The molecule has 0 fully saturated rings. The molecule has 1 aromatic rings. The van der Waals surface area contributed by atoms with Crippen molar-refractivity contribution in [3.8, 4) is 11.5 Å². The van der Waals surface area contributed by atoms with Gasteiger partial charge in [0.2, 0.25) is 0 Å². The third-order valence-corrected chi connectivity index (χ3v) is 2.80. The lowest BCUT2D eigenvalue weighted by Gasteiger charge is -2.12. The maximum atomic E-state index is 12.1. The minimum Gasteiger partial charge on any atom is -0.492 e. The molecule has 0 N–H and O–H groups in total. The lowest BCUT2D eigenvalue weighted by Crippen LogP contribution is -2.17. The summed E-state index contributed by atoms with van der Waals surface area (Å²) in [5, 5.41) is 0. The Morgan fingerprint density at radius 1 is 1.22 bits per heavy atom. The SMILES string of the molecule is CCCCCOc1cc(OC(F)(F)F)ccc1Br. The number of hydrogen-bond donors (Lipinski definition) is 0. The maximum absolute atomic E-state index is 12.1. The van der Waals surface area contributed by atoms with Gasteiger partial charge in [0.25, 0.3) is 0 Å². The first-order valence-corrected chi connectivity index (χ1v) is 6.40. The van der Waals surface area contributed by atoms with E-state index in [0.29, 0.717) is 16.8 Å². The van der Waals surface area contributed by atoms with E-state index < -0.39 is 6.36 Å². The van der Waals surface area contributed by atoms with Gasteiger partial charge in [-0.2, -0.15) is 0 Å². The highest BCUT2D eigenvalue weighted by Crippen LogP contribution is 2.32. The number of alkyl halides is 3. The Morgan fingerprint density at radius 2 is 1.94 bits per heavy atom. The monoisotopic (exact) mass is 326 g/mol. The summed E-state index contributed by atoms with van der Waals surface area (Å²) in [5.41, 5.74) is 0. The molecule has 0 unspecified atom stereocenters. The van der Waals surface area contributed by atoms with Gasteiger partial charge in [-0.15, -0.1) is 13.2 Å². The molecule has 0 saturated carbocycles. The summed E-state index contributed by atoms with van der Waals surface area (Å²) in [6, 6.07) is 3.93. The molecule has 0 aliphatic heterocycles. The predicted molar refractivity (Wildman–Crippen MR) is 65.8 cm³/mol. The number of ether oxygens (including phenoxy) is 2. The van der Waals surface area contributed by atoms with Gasteiger partial charge in [0.1, 0.15) is 11.5 Å². The van der Waals surface area contributed by atoms with Crippen molar-refractivity contribution >= 4 is 15.9 Å². The second-order valence-corrected chi connectivity index (χ2v) is 4.55. The molecule has 0 saturated heterocycles. The maximum Gasteiger partial charge on any atom is 0.573 e. The van der Waals surface area contributed by atoms with Crippen molar-refractivity contribution < 1.29 is 22.6 Å². The van der Waals surface area contributed by atoms with Crippen LogP contribution >= 0.6 is 15.9 Å². The zero-order valence-corrected chi connectivity index (χ0v) is 11.5. The molecule has 102 valence electrons. The fraction of sp³-hybridized carbons (Fsp3) is 0.500. The van der Waals surface area contributed by atoms with Crippen molar-refractivity contribution in [1.82, 2.24) is 0 Å². The summed E-state index contributed by atoms with van der Waals surface area (Å²) in [6.45, 7) is 2.54. The topological polar surface area (TPSA) is 18.5 Å². The second-order valence-electron chi connectivity index (χ2n) is 3.70. The molecule has 6 heteroatoms. The van der Waals surface area contributed by atoms with Crippen molar-refractivity contribution in [2.24, 2.45) is 0 Å². The fourth-order valence-electron chi connectivity index (χ4n) is 1.33. The van der Waals surface area contributed by atoms with Crippen molar-refractivity contribution in [3.05, 3.63) is 22.7 Å². The molecule has 0 aromatic heterocycles. The third kappa shape index (κ3) is 5.62.